The summed E-state index contributed by atoms with van der Waals surface area (Å²) < 4.78 is 0. The number of rotatable bonds is 12. The molecule has 1 radical (unpaired) electrons. The van der Waals surface area contributed by atoms with Crippen molar-refractivity contribution in [3.05, 3.63) is 228 Å². The number of fused-ring (bicyclic) bond motifs is 8. The Bertz CT molecular complexity index is 3800. The average Bonchev–Trinajstić information content (AvgIpc) is 4.11. The van der Waals surface area contributed by atoms with Crippen molar-refractivity contribution in [3.63, 3.8) is 0 Å². The Morgan fingerprint density at radius 2 is 0.727 bits per heavy atom. The van der Waals surface area contributed by atoms with Crippen molar-refractivity contribution in [2.45, 2.75) is 38.0 Å². The zero-order chi connectivity index (χ0) is 51.3. The van der Waals surface area contributed by atoms with Gasteiger partial charge >= 0.3 is 16.8 Å². The van der Waals surface area contributed by atoms with Gasteiger partial charge in [0.2, 0.25) is 11.8 Å². The van der Waals surface area contributed by atoms with E-state index in [1.165, 1.54) is 0 Å². The number of nitrogens with zero attached hydrogens (tertiary/aromatic N) is 6. The second-order valence-corrected chi connectivity index (χ2v) is 19.8. The number of hydrogen-bond donors (Lipinski definition) is 2. The fraction of sp³-hybridized carbons (Fsp3) is 0.121. The van der Waals surface area contributed by atoms with E-state index in [1.54, 1.807) is 0 Å². The number of aromatic nitrogens is 4. The maximum absolute atomic E-state index is 14.7. The van der Waals surface area contributed by atoms with Gasteiger partial charge in [-0.1, -0.05) is 182 Å². The maximum atomic E-state index is 14.7. The number of carbonyl (C=O) groups is 2. The molecule has 3 aromatic heterocycles. The van der Waals surface area contributed by atoms with Crippen LogP contribution in [0.1, 0.15) is 59.8 Å². The van der Waals surface area contributed by atoms with Gasteiger partial charge in [0.05, 0.1) is 34.2 Å². The summed E-state index contributed by atoms with van der Waals surface area (Å²) in [6.07, 6.45) is 8.17. The third-order valence-electron chi connectivity index (χ3n) is 15.1. The second kappa shape index (κ2) is 20.8. The van der Waals surface area contributed by atoms with Crippen LogP contribution in [0.15, 0.2) is 194 Å². The Balaban J connectivity index is 0.00000596. The Morgan fingerprint density at radius 1 is 0.416 bits per heavy atom. The molecule has 7 heterocycles. The van der Waals surface area contributed by atoms with Gasteiger partial charge < -0.3 is 20.6 Å². The van der Waals surface area contributed by atoms with Gasteiger partial charge in [0.1, 0.15) is 12.1 Å². The molecule has 4 aliphatic rings. The molecule has 2 N–H and O–H groups in total. The van der Waals surface area contributed by atoms with E-state index >= 15 is 0 Å². The van der Waals surface area contributed by atoms with Crippen LogP contribution in [-0.4, -0.2) is 56.8 Å². The van der Waals surface area contributed by atoms with Crippen LogP contribution >= 0.6 is 0 Å². The van der Waals surface area contributed by atoms with E-state index < -0.39 is 0 Å². The topological polar surface area (TPSA) is 118 Å². The van der Waals surface area contributed by atoms with Gasteiger partial charge in [-0.25, -0.2) is 9.97 Å². The smallest absolute Gasteiger partial charge is 0.657 e. The van der Waals surface area contributed by atoms with Crippen LogP contribution < -0.4 is 20.6 Å². The molecule has 4 aliphatic heterocycles. The predicted octanol–water partition coefficient (Wildman–Crippen LogP) is 13.3. The fourth-order valence-corrected chi connectivity index (χ4v) is 11.0. The van der Waals surface area contributed by atoms with Crippen molar-refractivity contribution < 1.29 is 26.4 Å². The van der Waals surface area contributed by atoms with E-state index in [9.17, 15) is 9.59 Å². The Labute approximate surface area is 457 Å². The number of nitrogens with one attached hydrogen (secondary N) is 2. The number of anilines is 2. The van der Waals surface area contributed by atoms with Gasteiger partial charge in [0.25, 0.3) is 0 Å². The van der Waals surface area contributed by atoms with E-state index in [1.807, 2.05) is 133 Å². The molecule has 2 unspecified atom stereocenters. The van der Waals surface area contributed by atoms with Crippen molar-refractivity contribution >= 4 is 69.6 Å². The average molecular weight is 1050 g/mol. The third-order valence-corrected chi connectivity index (χ3v) is 15.1. The van der Waals surface area contributed by atoms with Crippen LogP contribution in [0.3, 0.4) is 0 Å². The standard InChI is InChI=1S/C66H54N8O2.Co/c1-41(43-19-8-3-9-20-43)73-39-58(73)65(75)71-48-29-18-30-49(72-66(76)59-40-74(59)42(2)44-21-10-4-11-22-44)63(48)64-56-37-35-54(69-56)61(46-25-14-6-15-26-46)52-33-31-50(67-52)60(45-23-12-5-13-24-45)51-32-34-53(68-51)62(47-27-16-7-17-28-47)55-36-38-57(64)70-55;/h3-38,41-42,58-59H,39-40H2,1-2H3,(H4,67,68,69,70,71,72,75,76);/q;+2/p-2/t41-,42+,58+,59-,73?,74?;. The Morgan fingerprint density at radius 3 is 1.08 bits per heavy atom. The van der Waals surface area contributed by atoms with Crippen molar-refractivity contribution in [3.8, 4) is 44.5 Å². The second-order valence-electron chi connectivity index (χ2n) is 19.8. The first-order valence-electron chi connectivity index (χ1n) is 25.9. The molecule has 6 atom stereocenters. The van der Waals surface area contributed by atoms with Crippen molar-refractivity contribution in [1.29, 1.82) is 0 Å². The molecule has 2 amide bonds. The molecule has 9 aromatic rings. The Hall–Kier alpha value is -8.71. The summed E-state index contributed by atoms with van der Waals surface area (Å²) in [6.45, 7) is 5.49. The minimum atomic E-state index is -0.357. The first-order valence-corrected chi connectivity index (χ1v) is 25.9. The number of amides is 2. The molecule has 77 heavy (non-hydrogen) atoms. The van der Waals surface area contributed by atoms with Crippen LogP contribution in [0.2, 0.25) is 0 Å². The molecule has 13 rings (SSSR count). The van der Waals surface area contributed by atoms with Gasteiger partial charge in [-0.05, 0) is 100 Å². The maximum Gasteiger partial charge on any atom is 2.00 e. The minimum absolute atomic E-state index is 0. The summed E-state index contributed by atoms with van der Waals surface area (Å²) in [7, 11) is 0. The molecule has 2 saturated heterocycles. The van der Waals surface area contributed by atoms with Crippen LogP contribution in [-0.2, 0) is 26.4 Å². The molecule has 2 fully saturated rings. The van der Waals surface area contributed by atoms with Gasteiger partial charge in [-0.2, -0.15) is 0 Å². The summed E-state index contributed by atoms with van der Waals surface area (Å²) in [6, 6.07) is 64.5. The third kappa shape index (κ3) is 9.55. The largest absolute Gasteiger partial charge is 2.00 e. The zero-order valence-electron chi connectivity index (χ0n) is 42.3. The first kappa shape index (κ1) is 49.2. The first-order chi connectivity index (χ1) is 37.3. The summed E-state index contributed by atoms with van der Waals surface area (Å²) >= 11 is 0. The monoisotopic (exact) mass is 1050 g/mol. The van der Waals surface area contributed by atoms with E-state index in [0.717, 1.165) is 66.9 Å². The van der Waals surface area contributed by atoms with E-state index in [4.69, 9.17) is 19.9 Å². The zero-order valence-corrected chi connectivity index (χ0v) is 43.4. The van der Waals surface area contributed by atoms with Crippen LogP contribution in [0.25, 0.3) is 90.9 Å². The fourth-order valence-electron chi connectivity index (χ4n) is 11.0. The molecule has 0 aliphatic carbocycles. The number of carbonyl (C=O) groups excluding carboxylic acids is 2. The molecule has 6 aromatic carbocycles. The SMILES string of the molecule is C[C@H](c1ccccc1)N1C[C@H]1C(=O)Nc1cccc(NC(=O)[C@H]2CN2[C@@H](C)c2ccccc2)c1-c1c2nc(c(-c3ccccc3)c3ccc([n-]3)c(-c3ccccc3)c3nc(c(-c4ccccc4)c4ccc1[n-]4)C=C3)C=C2.[Co+2]. The van der Waals surface area contributed by atoms with Crippen LogP contribution in [0.4, 0.5) is 11.4 Å². The summed E-state index contributed by atoms with van der Waals surface area (Å²) in [5.41, 5.74) is 15.8. The van der Waals surface area contributed by atoms with Gasteiger partial charge in [0, 0.05) is 30.7 Å². The van der Waals surface area contributed by atoms with Gasteiger partial charge in [-0.3, -0.25) is 19.4 Å². The van der Waals surface area contributed by atoms with E-state index in [2.05, 4.69) is 119 Å². The van der Waals surface area contributed by atoms with E-state index in [-0.39, 0.29) is 52.8 Å². The molecule has 10 nitrogen and oxygen atoms in total. The summed E-state index contributed by atoms with van der Waals surface area (Å²) in [5, 5.41) is 6.74. The normalized spacial score (nSPS) is 17.7. The molecule has 11 heteroatoms. The molecular weight excluding hydrogens is 996 g/mol. The van der Waals surface area contributed by atoms with Crippen LogP contribution in [0, 0.1) is 0 Å². The van der Waals surface area contributed by atoms with Crippen LogP contribution in [0.5, 0.6) is 0 Å². The summed E-state index contributed by atoms with van der Waals surface area (Å²) in [4.78, 5) is 55.6. The van der Waals surface area contributed by atoms with Crippen molar-refractivity contribution in [2.75, 3.05) is 23.7 Å². The van der Waals surface area contributed by atoms with E-state index in [0.29, 0.717) is 58.0 Å². The molecular formula is C66H52CoN8O2. The summed E-state index contributed by atoms with van der Waals surface area (Å²) in [5.74, 6) is -0.276. The number of hydrogen-bond acceptors (Lipinski definition) is 6. The number of benzene rings is 6. The molecule has 8 bridgehead atoms. The van der Waals surface area contributed by atoms with Crippen molar-refractivity contribution in [2.24, 2.45) is 0 Å². The quantitative estimate of drug-likeness (QED) is 0.116. The van der Waals surface area contributed by atoms with Gasteiger partial charge in [-0.15, -0.1) is 22.1 Å². The molecule has 0 saturated carbocycles. The van der Waals surface area contributed by atoms with Crippen molar-refractivity contribution in [1.82, 2.24) is 29.7 Å². The Kier molecular flexibility index (Phi) is 13.3. The molecule has 377 valence electrons. The predicted molar refractivity (Wildman–Crippen MR) is 307 cm³/mol. The molecule has 0 spiro atoms. The minimum Gasteiger partial charge on any atom is -0.657 e. The van der Waals surface area contributed by atoms with Gasteiger partial charge in [0.15, 0.2) is 0 Å².